The summed E-state index contributed by atoms with van der Waals surface area (Å²) in [5.74, 6) is -0.0185. The molecule has 1 aliphatic heterocycles. The number of aliphatic imine (C=N–C) groups is 1. The maximum absolute atomic E-state index is 11.2. The quantitative estimate of drug-likeness (QED) is 0.506. The van der Waals surface area contributed by atoms with Crippen molar-refractivity contribution in [2.24, 2.45) is 4.99 Å². The lowest BCUT2D eigenvalue weighted by Crippen LogP contribution is -2.52. The fourth-order valence-corrected chi connectivity index (χ4v) is 0.801. The number of carbonyl (C=O) groups excluding carboxylic acids is 1. The van der Waals surface area contributed by atoms with Gasteiger partial charge in [-0.05, 0) is 13.8 Å². The van der Waals surface area contributed by atoms with Crippen LogP contribution in [0.5, 0.6) is 0 Å². The summed E-state index contributed by atoms with van der Waals surface area (Å²) in [4.78, 5) is 15.2. The minimum Gasteiger partial charge on any atom is -0.286 e. The predicted molar refractivity (Wildman–Crippen MR) is 38.5 cm³/mol. The molecule has 4 nitrogen and oxygen atoms in total. The van der Waals surface area contributed by atoms with Crippen molar-refractivity contribution in [3.63, 3.8) is 0 Å². The van der Waals surface area contributed by atoms with Gasteiger partial charge in [0, 0.05) is 7.05 Å². The highest BCUT2D eigenvalue weighted by Crippen LogP contribution is 2.12. The Morgan fingerprint density at radius 3 is 2.70 bits per heavy atom. The van der Waals surface area contributed by atoms with Crippen LogP contribution in [0.2, 0.25) is 0 Å². The minimum atomic E-state index is -0.597. The number of nitrogens with zero attached hydrogens (tertiary/aromatic N) is 2. The number of rotatable bonds is 0. The van der Waals surface area contributed by atoms with Crippen molar-refractivity contribution in [3.8, 4) is 0 Å². The van der Waals surface area contributed by atoms with Gasteiger partial charge in [-0.2, -0.15) is 0 Å². The van der Waals surface area contributed by atoms with Gasteiger partial charge in [0.2, 0.25) is 0 Å². The molecule has 4 heteroatoms. The summed E-state index contributed by atoms with van der Waals surface area (Å²) < 4.78 is 0. The SMILES string of the molecule is CN1NC=NC(C)(C)C1=O. The molecular formula is C6H11N3O. The zero-order chi connectivity index (χ0) is 7.78. The van der Waals surface area contributed by atoms with E-state index in [1.165, 1.54) is 11.3 Å². The highest BCUT2D eigenvalue weighted by atomic mass is 16.2. The molecule has 0 bridgehead atoms. The first-order valence-electron chi connectivity index (χ1n) is 3.12. The van der Waals surface area contributed by atoms with Gasteiger partial charge in [-0.1, -0.05) is 0 Å². The van der Waals surface area contributed by atoms with Crippen molar-refractivity contribution in [2.45, 2.75) is 19.4 Å². The lowest BCUT2D eigenvalue weighted by atomic mass is 10.1. The van der Waals surface area contributed by atoms with Gasteiger partial charge in [0.05, 0.1) is 0 Å². The van der Waals surface area contributed by atoms with Crippen LogP contribution >= 0.6 is 0 Å². The first-order valence-corrected chi connectivity index (χ1v) is 3.12. The van der Waals surface area contributed by atoms with E-state index in [4.69, 9.17) is 0 Å². The molecule has 10 heavy (non-hydrogen) atoms. The van der Waals surface area contributed by atoms with E-state index in [0.29, 0.717) is 0 Å². The van der Waals surface area contributed by atoms with E-state index in [0.717, 1.165) is 0 Å². The van der Waals surface area contributed by atoms with Crippen LogP contribution < -0.4 is 5.43 Å². The molecule has 0 aromatic rings. The molecule has 1 heterocycles. The number of likely N-dealkylation sites (N-methyl/N-ethyl adjacent to an activating group) is 1. The molecule has 0 fully saturated rings. The van der Waals surface area contributed by atoms with E-state index in [2.05, 4.69) is 10.4 Å². The third-order valence-electron chi connectivity index (χ3n) is 1.47. The molecule has 56 valence electrons. The van der Waals surface area contributed by atoms with Crippen molar-refractivity contribution in [1.29, 1.82) is 0 Å². The summed E-state index contributed by atoms with van der Waals surface area (Å²) >= 11 is 0. The van der Waals surface area contributed by atoms with Gasteiger partial charge in [-0.15, -0.1) is 0 Å². The third kappa shape index (κ3) is 0.964. The van der Waals surface area contributed by atoms with Crippen LogP contribution in [0.3, 0.4) is 0 Å². The first-order chi connectivity index (χ1) is 4.54. The van der Waals surface area contributed by atoms with Gasteiger partial charge in [0.1, 0.15) is 11.9 Å². The summed E-state index contributed by atoms with van der Waals surface area (Å²) in [7, 11) is 1.68. The van der Waals surface area contributed by atoms with Crippen molar-refractivity contribution in [1.82, 2.24) is 10.4 Å². The Morgan fingerprint density at radius 1 is 1.70 bits per heavy atom. The number of hydrazine groups is 1. The van der Waals surface area contributed by atoms with Crippen LogP contribution in [-0.4, -0.2) is 29.8 Å². The molecule has 1 amide bonds. The molecule has 0 aliphatic carbocycles. The molecule has 1 rings (SSSR count). The Bertz CT molecular complexity index is 185. The van der Waals surface area contributed by atoms with Gasteiger partial charge in [-0.25, -0.2) is 0 Å². The standard InChI is InChI=1S/C6H11N3O/c1-6(2)5(10)9(3)8-4-7-6/h4H,1-3H3,(H,7,8). The zero-order valence-electron chi connectivity index (χ0n) is 6.38. The number of carbonyl (C=O) groups is 1. The maximum Gasteiger partial charge on any atom is 0.268 e. The molecule has 0 unspecified atom stereocenters. The Hall–Kier alpha value is -1.06. The number of hydrogen-bond acceptors (Lipinski definition) is 3. The fourth-order valence-electron chi connectivity index (χ4n) is 0.801. The molecule has 0 atom stereocenters. The second-order valence-electron chi connectivity index (χ2n) is 2.81. The average molecular weight is 141 g/mol. The number of nitrogens with one attached hydrogen (secondary N) is 1. The third-order valence-corrected chi connectivity index (χ3v) is 1.47. The van der Waals surface area contributed by atoms with Crippen LogP contribution in [0.25, 0.3) is 0 Å². The van der Waals surface area contributed by atoms with E-state index in [1.807, 2.05) is 0 Å². The number of amides is 1. The van der Waals surface area contributed by atoms with Crippen LogP contribution in [0, 0.1) is 0 Å². The van der Waals surface area contributed by atoms with Gasteiger partial charge in [0.25, 0.3) is 5.91 Å². The normalized spacial score (nSPS) is 22.7. The lowest BCUT2D eigenvalue weighted by molar-refractivity contribution is -0.136. The molecule has 0 aromatic carbocycles. The first kappa shape index (κ1) is 7.05. The smallest absolute Gasteiger partial charge is 0.268 e. The summed E-state index contributed by atoms with van der Waals surface area (Å²) in [6, 6.07) is 0. The summed E-state index contributed by atoms with van der Waals surface area (Å²) in [6.45, 7) is 3.56. The molecule has 0 saturated carbocycles. The van der Waals surface area contributed by atoms with Crippen molar-refractivity contribution in [3.05, 3.63) is 0 Å². The molecular weight excluding hydrogens is 130 g/mol. The van der Waals surface area contributed by atoms with Crippen molar-refractivity contribution >= 4 is 12.2 Å². The number of hydrogen-bond donors (Lipinski definition) is 1. The van der Waals surface area contributed by atoms with E-state index >= 15 is 0 Å². The largest absolute Gasteiger partial charge is 0.286 e. The second kappa shape index (κ2) is 1.97. The highest BCUT2D eigenvalue weighted by molar-refractivity contribution is 5.89. The van der Waals surface area contributed by atoms with E-state index < -0.39 is 5.54 Å². The highest BCUT2D eigenvalue weighted by Gasteiger charge is 2.31. The molecule has 1 aliphatic rings. The van der Waals surface area contributed by atoms with Crippen LogP contribution in [0.1, 0.15) is 13.8 Å². The topological polar surface area (TPSA) is 44.7 Å². The van der Waals surface area contributed by atoms with Crippen molar-refractivity contribution in [2.75, 3.05) is 7.05 Å². The van der Waals surface area contributed by atoms with Gasteiger partial charge in [0.15, 0.2) is 0 Å². The average Bonchev–Trinajstić information content (AvgIpc) is 1.83. The monoisotopic (exact) mass is 141 g/mol. The Kier molecular flexibility index (Phi) is 1.39. The molecule has 1 N–H and O–H groups in total. The van der Waals surface area contributed by atoms with Gasteiger partial charge in [-0.3, -0.25) is 20.2 Å². The molecule has 0 aromatic heterocycles. The minimum absolute atomic E-state index is 0.0185. The summed E-state index contributed by atoms with van der Waals surface area (Å²) in [5, 5.41) is 1.42. The maximum atomic E-state index is 11.2. The lowest BCUT2D eigenvalue weighted by Gasteiger charge is -2.29. The predicted octanol–water partition coefficient (Wildman–Crippen LogP) is -0.230. The summed E-state index contributed by atoms with van der Waals surface area (Å²) in [6.07, 6.45) is 1.53. The Balaban J connectivity index is 2.87. The van der Waals surface area contributed by atoms with E-state index in [9.17, 15) is 4.79 Å². The fraction of sp³-hybridized carbons (Fsp3) is 0.667. The van der Waals surface area contributed by atoms with Crippen molar-refractivity contribution < 1.29 is 4.79 Å². The molecule has 0 saturated heterocycles. The van der Waals surface area contributed by atoms with Gasteiger partial charge >= 0.3 is 0 Å². The van der Waals surface area contributed by atoms with Crippen LogP contribution in [-0.2, 0) is 4.79 Å². The van der Waals surface area contributed by atoms with E-state index in [1.54, 1.807) is 20.9 Å². The summed E-state index contributed by atoms with van der Waals surface area (Å²) in [5.41, 5.74) is 2.08. The molecule has 0 spiro atoms. The zero-order valence-corrected chi connectivity index (χ0v) is 6.38. The Labute approximate surface area is 59.9 Å². The second-order valence-corrected chi connectivity index (χ2v) is 2.81. The Morgan fingerprint density at radius 2 is 2.30 bits per heavy atom. The molecule has 0 radical (unpaired) electrons. The van der Waals surface area contributed by atoms with Crippen LogP contribution in [0.4, 0.5) is 0 Å². The van der Waals surface area contributed by atoms with Gasteiger partial charge < -0.3 is 0 Å². The van der Waals surface area contributed by atoms with Crippen LogP contribution in [0.15, 0.2) is 4.99 Å². The van der Waals surface area contributed by atoms with E-state index in [-0.39, 0.29) is 5.91 Å².